The zero-order valence-electron chi connectivity index (χ0n) is 22.0. The van der Waals surface area contributed by atoms with Gasteiger partial charge in [0.25, 0.3) is 5.91 Å². The number of benzene rings is 2. The van der Waals surface area contributed by atoms with Crippen molar-refractivity contribution in [3.05, 3.63) is 57.6 Å². The molecule has 8 nitrogen and oxygen atoms in total. The molecule has 2 aromatic carbocycles. The third kappa shape index (κ3) is 6.61. The predicted octanol–water partition coefficient (Wildman–Crippen LogP) is 7.14. The molecule has 0 unspecified atom stereocenters. The van der Waals surface area contributed by atoms with Gasteiger partial charge in [0.1, 0.15) is 19.0 Å². The maximum absolute atomic E-state index is 13.1. The number of amidine groups is 2. The molecule has 1 fully saturated rings. The summed E-state index contributed by atoms with van der Waals surface area (Å²) < 4.78 is 56.9. The van der Waals surface area contributed by atoms with Crippen molar-refractivity contribution in [2.75, 3.05) is 20.3 Å². The minimum atomic E-state index is -4.71. The average molecular weight is 652 g/mol. The summed E-state index contributed by atoms with van der Waals surface area (Å²) in [5.41, 5.74) is 1.58. The molecule has 5 rings (SSSR count). The summed E-state index contributed by atoms with van der Waals surface area (Å²) in [5, 5.41) is 10.9. The first-order valence-electron chi connectivity index (χ1n) is 12.9. The molecule has 2 aromatic rings. The fourth-order valence-electron chi connectivity index (χ4n) is 4.81. The number of halogens is 4. The highest BCUT2D eigenvalue weighted by Gasteiger charge is 2.46. The van der Waals surface area contributed by atoms with Gasteiger partial charge in [-0.05, 0) is 87.9 Å². The van der Waals surface area contributed by atoms with Crippen molar-refractivity contribution in [3.63, 3.8) is 0 Å². The third-order valence-electron chi connectivity index (χ3n) is 6.81. The number of alkyl halides is 3. The number of amides is 1. The Morgan fingerprint density at radius 2 is 1.83 bits per heavy atom. The standard InChI is InChI=1S/C28H26BrF3N4O4S/c1-38-22-15-16(13-20-24(33)36-27(34-25(20)37)41-26(35-36)28(30,31)32)14-21(29)23(22)40-12-11-39-19-9-7-18(8-10-19)17-5-3-2-4-6-17/h7-10,13-15,17,33H,2-6,11-12H2,1H3/b20-13-,33-24?. The Morgan fingerprint density at radius 1 is 1.12 bits per heavy atom. The quantitative estimate of drug-likeness (QED) is 0.241. The lowest BCUT2D eigenvalue weighted by molar-refractivity contribution is -0.114. The van der Waals surface area contributed by atoms with Crippen LogP contribution in [0.3, 0.4) is 0 Å². The van der Waals surface area contributed by atoms with E-state index >= 15 is 0 Å². The molecule has 1 amide bonds. The molecule has 0 bridgehead atoms. The van der Waals surface area contributed by atoms with Crippen molar-refractivity contribution in [3.8, 4) is 17.2 Å². The zero-order valence-corrected chi connectivity index (χ0v) is 24.4. The number of hydrogen-bond acceptors (Lipinski definition) is 7. The number of hydrazone groups is 1. The number of nitrogens with one attached hydrogen (secondary N) is 1. The van der Waals surface area contributed by atoms with Crippen LogP contribution in [0.4, 0.5) is 13.2 Å². The Kier molecular flexibility index (Phi) is 8.74. The van der Waals surface area contributed by atoms with Crippen LogP contribution in [-0.2, 0) is 4.79 Å². The minimum Gasteiger partial charge on any atom is -0.493 e. The van der Waals surface area contributed by atoms with Gasteiger partial charge in [-0.25, -0.2) is 0 Å². The second-order valence-electron chi connectivity index (χ2n) is 9.56. The number of hydrogen-bond donors (Lipinski definition) is 1. The Balaban J connectivity index is 1.23. The van der Waals surface area contributed by atoms with E-state index in [0.29, 0.717) is 39.1 Å². The van der Waals surface area contributed by atoms with Crippen LogP contribution in [0.5, 0.6) is 17.2 Å². The lowest BCUT2D eigenvalue weighted by atomic mass is 9.84. The molecule has 2 aliphatic heterocycles. The number of thioether (sulfide) groups is 1. The highest BCUT2D eigenvalue weighted by Crippen LogP contribution is 2.39. The van der Waals surface area contributed by atoms with E-state index in [4.69, 9.17) is 19.6 Å². The van der Waals surface area contributed by atoms with Gasteiger partial charge in [0, 0.05) is 0 Å². The van der Waals surface area contributed by atoms with Gasteiger partial charge >= 0.3 is 6.18 Å². The van der Waals surface area contributed by atoms with Crippen molar-refractivity contribution in [2.24, 2.45) is 10.1 Å². The lowest BCUT2D eigenvalue weighted by Crippen LogP contribution is -2.35. The van der Waals surface area contributed by atoms with E-state index in [9.17, 15) is 18.0 Å². The fraction of sp³-hybridized carbons (Fsp3) is 0.357. The average Bonchev–Trinajstić information content (AvgIpc) is 3.40. The second kappa shape index (κ2) is 12.3. The van der Waals surface area contributed by atoms with Crippen LogP contribution in [0.2, 0.25) is 0 Å². The SMILES string of the molecule is COc1cc(/C=C2/C(=N)N3N=C(C(F)(F)F)SC3=NC2=O)cc(Br)c1OCCOc1ccc(C2CCCCC2)cc1. The molecular formula is C28H26BrF3N4O4S. The van der Waals surface area contributed by atoms with Crippen molar-refractivity contribution in [1.29, 1.82) is 5.41 Å². The third-order valence-corrected chi connectivity index (χ3v) is 8.36. The number of aliphatic imine (C=N–C) groups is 1. The summed E-state index contributed by atoms with van der Waals surface area (Å²) in [6.07, 6.45) is 3.00. The fourth-order valence-corrected chi connectivity index (χ4v) is 6.14. The van der Waals surface area contributed by atoms with Crippen LogP contribution >= 0.6 is 27.7 Å². The predicted molar refractivity (Wildman–Crippen MR) is 155 cm³/mol. The number of methoxy groups -OCH3 is 1. The van der Waals surface area contributed by atoms with E-state index < -0.39 is 23.0 Å². The molecule has 13 heteroatoms. The van der Waals surface area contributed by atoms with Gasteiger partial charge < -0.3 is 14.2 Å². The van der Waals surface area contributed by atoms with Crippen molar-refractivity contribution < 1.29 is 32.2 Å². The first kappa shape index (κ1) is 29.2. The number of carbonyl (C=O) groups excluding carboxylic acids is 1. The Morgan fingerprint density at radius 3 is 2.51 bits per heavy atom. The molecule has 216 valence electrons. The Bertz CT molecular complexity index is 1440. The molecule has 0 spiro atoms. The van der Waals surface area contributed by atoms with Crippen LogP contribution in [0.25, 0.3) is 6.08 Å². The number of carbonyl (C=O) groups is 1. The van der Waals surface area contributed by atoms with Crippen LogP contribution < -0.4 is 14.2 Å². The van der Waals surface area contributed by atoms with Crippen LogP contribution in [0.15, 0.2) is 56.5 Å². The van der Waals surface area contributed by atoms with Crippen LogP contribution in [0.1, 0.15) is 49.1 Å². The Hall–Kier alpha value is -3.32. The maximum Gasteiger partial charge on any atom is 0.441 e. The largest absolute Gasteiger partial charge is 0.493 e. The molecule has 1 N–H and O–H groups in total. The van der Waals surface area contributed by atoms with Crippen molar-refractivity contribution in [2.45, 2.75) is 44.2 Å². The first-order chi connectivity index (χ1) is 19.6. The summed E-state index contributed by atoms with van der Waals surface area (Å²) in [6.45, 7) is 0.525. The maximum atomic E-state index is 13.1. The monoisotopic (exact) mass is 650 g/mol. The number of fused-ring (bicyclic) bond motifs is 1. The molecule has 1 aliphatic carbocycles. The lowest BCUT2D eigenvalue weighted by Gasteiger charge is -2.22. The molecular weight excluding hydrogens is 625 g/mol. The van der Waals surface area contributed by atoms with Gasteiger partial charge in [0.2, 0.25) is 10.2 Å². The number of rotatable bonds is 8. The van der Waals surface area contributed by atoms with Crippen molar-refractivity contribution in [1.82, 2.24) is 5.01 Å². The van der Waals surface area contributed by atoms with Gasteiger partial charge in [0.05, 0.1) is 17.2 Å². The van der Waals surface area contributed by atoms with E-state index in [-0.39, 0.29) is 29.1 Å². The summed E-state index contributed by atoms with van der Waals surface area (Å²) in [7, 11) is 1.45. The summed E-state index contributed by atoms with van der Waals surface area (Å²) in [6, 6.07) is 11.4. The van der Waals surface area contributed by atoms with Gasteiger partial charge in [-0.3, -0.25) is 10.2 Å². The minimum absolute atomic E-state index is 0.200. The normalized spacial score (nSPS) is 18.8. The highest BCUT2D eigenvalue weighted by molar-refractivity contribution is 9.10. The van der Waals surface area contributed by atoms with Gasteiger partial charge in [0.15, 0.2) is 17.3 Å². The Labute approximate surface area is 247 Å². The topological polar surface area (TPSA) is 96.6 Å². The second-order valence-corrected chi connectivity index (χ2v) is 11.4. The number of ether oxygens (including phenoxy) is 3. The van der Waals surface area contributed by atoms with Crippen molar-refractivity contribution >= 4 is 55.7 Å². The zero-order chi connectivity index (χ0) is 29.1. The molecule has 2 heterocycles. The van der Waals surface area contributed by atoms with E-state index in [1.165, 1.54) is 50.9 Å². The van der Waals surface area contributed by atoms with E-state index in [2.05, 4.69) is 38.2 Å². The van der Waals surface area contributed by atoms with Gasteiger partial charge in [-0.15, -0.1) is 0 Å². The first-order valence-corrected chi connectivity index (χ1v) is 14.6. The molecule has 0 saturated heterocycles. The molecule has 0 radical (unpaired) electrons. The molecule has 3 aliphatic rings. The van der Waals surface area contributed by atoms with Gasteiger partial charge in [-0.2, -0.15) is 28.3 Å². The highest BCUT2D eigenvalue weighted by atomic mass is 79.9. The van der Waals surface area contributed by atoms with Gasteiger partial charge in [-0.1, -0.05) is 31.4 Å². The summed E-state index contributed by atoms with van der Waals surface area (Å²) in [4.78, 5) is 16.2. The van der Waals surface area contributed by atoms with E-state index in [1.54, 1.807) is 12.1 Å². The summed E-state index contributed by atoms with van der Waals surface area (Å²) >= 11 is 3.65. The van der Waals surface area contributed by atoms with Crippen LogP contribution in [0, 0.1) is 5.41 Å². The summed E-state index contributed by atoms with van der Waals surface area (Å²) in [5.74, 6) is 0.793. The molecule has 0 atom stereocenters. The smallest absolute Gasteiger partial charge is 0.441 e. The van der Waals surface area contributed by atoms with E-state index in [0.717, 1.165) is 5.75 Å². The van der Waals surface area contributed by atoms with E-state index in [1.807, 2.05) is 12.1 Å². The number of nitrogens with zero attached hydrogens (tertiary/aromatic N) is 3. The molecule has 0 aromatic heterocycles. The van der Waals surface area contributed by atoms with Crippen LogP contribution in [-0.4, -0.2) is 53.5 Å². The molecule has 41 heavy (non-hydrogen) atoms. The molecule has 1 saturated carbocycles.